The average molecular weight is 200 g/mol. The molecule has 1 fully saturated rings. The van der Waals surface area contributed by atoms with Crippen LogP contribution in [0.4, 0.5) is 0 Å². The van der Waals surface area contributed by atoms with Crippen LogP contribution in [0.3, 0.4) is 0 Å². The second kappa shape index (κ2) is 4.48. The second-order valence-electron chi connectivity index (χ2n) is 3.97. The summed E-state index contributed by atoms with van der Waals surface area (Å²) in [6.45, 7) is 6.67. The Hall–Kier alpha value is -1.30. The summed E-state index contributed by atoms with van der Waals surface area (Å²) in [4.78, 5) is 0. The molecule has 2 rings (SSSR count). The van der Waals surface area contributed by atoms with Crippen LogP contribution in [-0.2, 0) is 4.74 Å². The molecule has 0 bridgehead atoms. The highest BCUT2D eigenvalue weighted by atomic mass is 16.5. The molecule has 1 unspecified atom stereocenters. The molecule has 1 aliphatic heterocycles. The number of benzene rings is 1. The van der Waals surface area contributed by atoms with E-state index >= 15 is 0 Å². The summed E-state index contributed by atoms with van der Waals surface area (Å²) in [5, 5.41) is 0. The molecule has 0 amide bonds. The van der Waals surface area contributed by atoms with Crippen molar-refractivity contribution in [2.24, 2.45) is 0 Å². The number of hydrogen-bond acceptors (Lipinski definition) is 1. The van der Waals surface area contributed by atoms with Crippen LogP contribution in [0.1, 0.15) is 30.1 Å². The highest BCUT2D eigenvalue weighted by Crippen LogP contribution is 2.32. The van der Waals surface area contributed by atoms with Gasteiger partial charge in [0.05, 0.1) is 0 Å². The molecule has 0 aliphatic carbocycles. The summed E-state index contributed by atoms with van der Waals surface area (Å²) in [6, 6.07) is 8.49. The molecule has 78 valence electrons. The summed E-state index contributed by atoms with van der Waals surface area (Å²) in [5.74, 6) is 0. The fourth-order valence-electron chi connectivity index (χ4n) is 1.92. The van der Waals surface area contributed by atoms with Crippen molar-refractivity contribution >= 4 is 0 Å². The highest BCUT2D eigenvalue weighted by molar-refractivity contribution is 5.29. The van der Waals surface area contributed by atoms with Gasteiger partial charge in [-0.1, -0.05) is 36.4 Å². The van der Waals surface area contributed by atoms with Gasteiger partial charge in [0.25, 0.3) is 0 Å². The minimum absolute atomic E-state index is 0.0804. The smallest absolute Gasteiger partial charge is 0.111 e. The largest absolute Gasteiger partial charge is 0.368 e. The van der Waals surface area contributed by atoms with Crippen LogP contribution in [0.25, 0.3) is 0 Å². The third-order valence-electron chi connectivity index (χ3n) is 2.80. The maximum atomic E-state index is 5.77. The molecule has 0 saturated carbocycles. The van der Waals surface area contributed by atoms with Crippen molar-refractivity contribution in [3.63, 3.8) is 0 Å². The van der Waals surface area contributed by atoms with E-state index in [0.717, 1.165) is 19.4 Å². The first-order valence-electron chi connectivity index (χ1n) is 5.38. The maximum Gasteiger partial charge on any atom is 0.111 e. The topological polar surface area (TPSA) is 9.23 Å². The quantitative estimate of drug-likeness (QED) is 0.630. The van der Waals surface area contributed by atoms with Crippen molar-refractivity contribution in [2.75, 3.05) is 6.61 Å². The van der Waals surface area contributed by atoms with Gasteiger partial charge in [-0.3, -0.25) is 0 Å². The SMILES string of the molecule is C=C=C1CCCOC1c1ccc(C)cc1. The van der Waals surface area contributed by atoms with Gasteiger partial charge in [-0.25, -0.2) is 0 Å². The molecule has 15 heavy (non-hydrogen) atoms. The van der Waals surface area contributed by atoms with Gasteiger partial charge in [0.1, 0.15) is 6.10 Å². The number of hydrogen-bond donors (Lipinski definition) is 0. The van der Waals surface area contributed by atoms with Gasteiger partial charge in [-0.05, 0) is 25.3 Å². The lowest BCUT2D eigenvalue weighted by Crippen LogP contribution is -2.14. The zero-order valence-electron chi connectivity index (χ0n) is 9.12. The molecular weight excluding hydrogens is 184 g/mol. The third-order valence-corrected chi connectivity index (χ3v) is 2.80. The average Bonchev–Trinajstić information content (AvgIpc) is 2.30. The molecule has 1 nitrogen and oxygen atoms in total. The number of aryl methyl sites for hydroxylation is 1. The maximum absolute atomic E-state index is 5.77. The molecule has 1 aromatic carbocycles. The lowest BCUT2D eigenvalue weighted by Gasteiger charge is -2.25. The van der Waals surface area contributed by atoms with E-state index in [0.29, 0.717) is 0 Å². The summed E-state index contributed by atoms with van der Waals surface area (Å²) in [5.41, 5.74) is 6.68. The van der Waals surface area contributed by atoms with Crippen LogP contribution in [-0.4, -0.2) is 6.61 Å². The Labute approximate surface area is 91.1 Å². The Balaban J connectivity index is 2.28. The van der Waals surface area contributed by atoms with E-state index in [1.165, 1.54) is 16.7 Å². The van der Waals surface area contributed by atoms with Gasteiger partial charge < -0.3 is 4.74 Å². The van der Waals surface area contributed by atoms with E-state index in [4.69, 9.17) is 4.74 Å². The first-order valence-corrected chi connectivity index (χ1v) is 5.38. The standard InChI is InChI=1S/C14H16O/c1-3-12-5-4-10-15-14(12)13-8-6-11(2)7-9-13/h6-9,14H,1,4-5,10H2,2H3. The van der Waals surface area contributed by atoms with Crippen LogP contribution in [0.2, 0.25) is 0 Å². The van der Waals surface area contributed by atoms with Gasteiger partial charge >= 0.3 is 0 Å². The normalized spacial score (nSPS) is 21.1. The molecule has 0 spiro atoms. The molecule has 1 heterocycles. The predicted octanol–water partition coefficient (Wildman–Crippen LogP) is 3.56. The van der Waals surface area contributed by atoms with Crippen molar-refractivity contribution in [3.8, 4) is 0 Å². The van der Waals surface area contributed by atoms with Gasteiger partial charge in [0.2, 0.25) is 0 Å². The van der Waals surface area contributed by atoms with Gasteiger partial charge in [0, 0.05) is 12.2 Å². The summed E-state index contributed by atoms with van der Waals surface area (Å²) in [6.07, 6.45) is 2.22. The van der Waals surface area contributed by atoms with E-state index in [2.05, 4.69) is 43.5 Å². The lowest BCUT2D eigenvalue weighted by molar-refractivity contribution is 0.0526. The summed E-state index contributed by atoms with van der Waals surface area (Å²) in [7, 11) is 0. The van der Waals surface area contributed by atoms with Gasteiger partial charge in [0.15, 0.2) is 0 Å². The van der Waals surface area contributed by atoms with E-state index in [1.807, 2.05) is 0 Å². The second-order valence-corrected chi connectivity index (χ2v) is 3.97. The molecular formula is C14H16O. The molecule has 1 aliphatic rings. The first kappa shape index (κ1) is 10.2. The predicted molar refractivity (Wildman–Crippen MR) is 61.8 cm³/mol. The van der Waals surface area contributed by atoms with E-state index in [-0.39, 0.29) is 6.10 Å². The van der Waals surface area contributed by atoms with Crippen LogP contribution in [0.15, 0.2) is 42.1 Å². The van der Waals surface area contributed by atoms with Crippen molar-refractivity contribution in [3.05, 3.63) is 53.3 Å². The van der Waals surface area contributed by atoms with E-state index in [1.54, 1.807) is 0 Å². The molecule has 1 heteroatoms. The molecule has 1 aromatic rings. The van der Waals surface area contributed by atoms with Crippen LogP contribution < -0.4 is 0 Å². The molecule has 0 N–H and O–H groups in total. The fraction of sp³-hybridized carbons (Fsp3) is 0.357. The lowest BCUT2D eigenvalue weighted by atomic mass is 9.96. The minimum Gasteiger partial charge on any atom is -0.368 e. The number of ether oxygens (including phenoxy) is 1. The number of rotatable bonds is 1. The van der Waals surface area contributed by atoms with E-state index < -0.39 is 0 Å². The fourth-order valence-corrected chi connectivity index (χ4v) is 1.92. The van der Waals surface area contributed by atoms with Gasteiger partial charge in [-0.15, -0.1) is 5.73 Å². The molecule has 0 aromatic heterocycles. The molecule has 1 saturated heterocycles. The van der Waals surface area contributed by atoms with Crippen molar-refractivity contribution in [2.45, 2.75) is 25.9 Å². The Morgan fingerprint density at radius 1 is 1.33 bits per heavy atom. The minimum atomic E-state index is 0.0804. The third kappa shape index (κ3) is 2.20. The zero-order valence-corrected chi connectivity index (χ0v) is 9.12. The van der Waals surface area contributed by atoms with Crippen molar-refractivity contribution < 1.29 is 4.74 Å². The van der Waals surface area contributed by atoms with Crippen molar-refractivity contribution in [1.82, 2.24) is 0 Å². The van der Waals surface area contributed by atoms with Crippen LogP contribution in [0, 0.1) is 6.92 Å². The Bertz CT molecular complexity index is 382. The monoisotopic (exact) mass is 200 g/mol. The molecule has 1 atom stereocenters. The summed E-state index contributed by atoms with van der Waals surface area (Å²) < 4.78 is 5.77. The summed E-state index contributed by atoms with van der Waals surface area (Å²) >= 11 is 0. The molecule has 0 radical (unpaired) electrons. The Morgan fingerprint density at radius 3 is 2.73 bits per heavy atom. The van der Waals surface area contributed by atoms with Crippen LogP contribution >= 0.6 is 0 Å². The van der Waals surface area contributed by atoms with Crippen LogP contribution in [0.5, 0.6) is 0 Å². The highest BCUT2D eigenvalue weighted by Gasteiger charge is 2.20. The van der Waals surface area contributed by atoms with E-state index in [9.17, 15) is 0 Å². The zero-order chi connectivity index (χ0) is 10.7. The Morgan fingerprint density at radius 2 is 2.07 bits per heavy atom. The first-order chi connectivity index (χ1) is 7.31. The Kier molecular flexibility index (Phi) is 3.05. The van der Waals surface area contributed by atoms with Gasteiger partial charge in [-0.2, -0.15) is 0 Å². The van der Waals surface area contributed by atoms with Crippen molar-refractivity contribution in [1.29, 1.82) is 0 Å².